The topological polar surface area (TPSA) is 46.5 Å². The molecule has 0 saturated carbocycles. The molecule has 1 aliphatic heterocycles. The van der Waals surface area contributed by atoms with Gasteiger partial charge in [-0.3, -0.25) is 4.79 Å². The summed E-state index contributed by atoms with van der Waals surface area (Å²) in [7, 11) is 0. The van der Waals surface area contributed by atoms with E-state index in [1.165, 1.54) is 0 Å². The van der Waals surface area contributed by atoms with E-state index in [1.54, 1.807) is 0 Å². The summed E-state index contributed by atoms with van der Waals surface area (Å²) >= 11 is 0. The largest absolute Gasteiger partial charge is 0.465 e. The number of esters is 1. The van der Waals surface area contributed by atoms with Gasteiger partial charge in [0.2, 0.25) is 0 Å². The lowest BCUT2D eigenvalue weighted by Crippen LogP contribution is -2.22. The average Bonchev–Trinajstić information content (AvgIpc) is 2.59. The average molecular weight is 196 g/mol. The first-order valence-corrected chi connectivity index (χ1v) is 5.08. The molecule has 3 heteroatoms. The van der Waals surface area contributed by atoms with Gasteiger partial charge in [0.1, 0.15) is 6.10 Å². The fourth-order valence-electron chi connectivity index (χ4n) is 1.34. The van der Waals surface area contributed by atoms with E-state index in [9.17, 15) is 9.90 Å². The zero-order valence-corrected chi connectivity index (χ0v) is 8.45. The van der Waals surface area contributed by atoms with Crippen LogP contribution in [0.3, 0.4) is 0 Å². The van der Waals surface area contributed by atoms with E-state index in [4.69, 9.17) is 4.74 Å². The van der Waals surface area contributed by atoms with Crippen LogP contribution in [0.4, 0.5) is 0 Å². The minimum atomic E-state index is -0.846. The summed E-state index contributed by atoms with van der Waals surface area (Å²) in [5, 5.41) is 9.54. The van der Waals surface area contributed by atoms with E-state index in [-0.39, 0.29) is 5.97 Å². The van der Waals surface area contributed by atoms with Crippen LogP contribution in [0.1, 0.15) is 32.6 Å². The van der Waals surface area contributed by atoms with Crippen LogP contribution in [0.25, 0.3) is 0 Å². The summed E-state index contributed by atoms with van der Waals surface area (Å²) in [6.07, 6.45) is 2.66. The molecule has 0 aromatic carbocycles. The maximum atomic E-state index is 11.1. The highest BCUT2D eigenvalue weighted by atomic mass is 16.5. The van der Waals surface area contributed by atoms with Gasteiger partial charge in [-0.05, 0) is 12.8 Å². The van der Waals surface area contributed by atoms with Crippen LogP contribution in [-0.4, -0.2) is 23.8 Å². The van der Waals surface area contributed by atoms with Gasteiger partial charge in [0.05, 0.1) is 12.5 Å². The van der Waals surface area contributed by atoms with E-state index in [0.717, 1.165) is 19.3 Å². The Kier molecular flexibility index (Phi) is 4.48. The molecule has 3 nitrogen and oxygen atoms in total. The van der Waals surface area contributed by atoms with E-state index in [1.807, 2.05) is 0 Å². The van der Waals surface area contributed by atoms with Crippen LogP contribution in [0.2, 0.25) is 0 Å². The minimum Gasteiger partial charge on any atom is -0.465 e. The van der Waals surface area contributed by atoms with Crippen LogP contribution in [0.5, 0.6) is 0 Å². The molecule has 1 rings (SSSR count). The first kappa shape index (κ1) is 11.1. The molecule has 0 radical (unpaired) electrons. The highest BCUT2D eigenvalue weighted by Gasteiger charge is 2.31. The maximum absolute atomic E-state index is 11.1. The van der Waals surface area contributed by atoms with Crippen molar-refractivity contribution in [1.29, 1.82) is 0 Å². The number of ether oxygens (including phenoxy) is 1. The first-order chi connectivity index (χ1) is 6.75. The Labute approximate surface area is 84.5 Å². The van der Waals surface area contributed by atoms with Gasteiger partial charge in [0.15, 0.2) is 0 Å². The van der Waals surface area contributed by atoms with Gasteiger partial charge < -0.3 is 9.84 Å². The summed E-state index contributed by atoms with van der Waals surface area (Å²) in [6.45, 7) is 2.50. The highest BCUT2D eigenvalue weighted by molar-refractivity contribution is 5.75. The number of hydrogen-bond acceptors (Lipinski definition) is 3. The van der Waals surface area contributed by atoms with Gasteiger partial charge in [-0.25, -0.2) is 0 Å². The molecule has 1 saturated heterocycles. The second kappa shape index (κ2) is 5.66. The van der Waals surface area contributed by atoms with Crippen LogP contribution in [0, 0.1) is 17.8 Å². The standard InChI is InChI=1S/C11H16O3/c1-2-3-4-5-6-10(12)9-7-8-14-11(9)13/h9-10,12H,2-4,7-8H2,1H3/t9-,10+/m1/s1. The lowest BCUT2D eigenvalue weighted by Gasteiger charge is -2.06. The number of rotatable bonds is 3. The Morgan fingerprint density at radius 3 is 3.07 bits per heavy atom. The third kappa shape index (κ3) is 3.04. The molecule has 78 valence electrons. The molecular weight excluding hydrogens is 180 g/mol. The smallest absolute Gasteiger partial charge is 0.312 e. The van der Waals surface area contributed by atoms with Crippen LogP contribution in [0.15, 0.2) is 0 Å². The predicted molar refractivity (Wildman–Crippen MR) is 52.4 cm³/mol. The molecule has 0 aromatic rings. The first-order valence-electron chi connectivity index (χ1n) is 5.08. The van der Waals surface area contributed by atoms with Crippen molar-refractivity contribution >= 4 is 5.97 Å². The Morgan fingerprint density at radius 2 is 2.50 bits per heavy atom. The Balaban J connectivity index is 2.35. The van der Waals surface area contributed by atoms with Crippen LogP contribution >= 0.6 is 0 Å². The SMILES string of the molecule is CCCCC#C[C@H](O)[C@H]1CCOC1=O. The number of carbonyl (C=O) groups is 1. The molecular formula is C11H16O3. The van der Waals surface area contributed by atoms with Crippen molar-refractivity contribution in [2.75, 3.05) is 6.61 Å². The molecule has 0 aliphatic carbocycles. The molecule has 1 fully saturated rings. The molecule has 0 spiro atoms. The second-order valence-corrected chi connectivity index (χ2v) is 3.43. The fourth-order valence-corrected chi connectivity index (χ4v) is 1.34. The zero-order chi connectivity index (χ0) is 10.4. The van der Waals surface area contributed by atoms with E-state index >= 15 is 0 Å². The normalized spacial score (nSPS) is 22.4. The fraction of sp³-hybridized carbons (Fsp3) is 0.727. The van der Waals surface area contributed by atoms with Gasteiger partial charge in [-0.15, -0.1) is 5.92 Å². The molecule has 0 amide bonds. The van der Waals surface area contributed by atoms with E-state index in [2.05, 4.69) is 18.8 Å². The van der Waals surface area contributed by atoms with Crippen molar-refractivity contribution < 1.29 is 14.6 Å². The van der Waals surface area contributed by atoms with Crippen molar-refractivity contribution in [3.8, 4) is 11.8 Å². The maximum Gasteiger partial charge on any atom is 0.312 e. The van der Waals surface area contributed by atoms with Crippen molar-refractivity contribution in [2.24, 2.45) is 5.92 Å². The molecule has 14 heavy (non-hydrogen) atoms. The molecule has 0 bridgehead atoms. The third-order valence-corrected chi connectivity index (χ3v) is 2.26. The van der Waals surface area contributed by atoms with Crippen LogP contribution < -0.4 is 0 Å². The Hall–Kier alpha value is -1.01. The molecule has 0 aromatic heterocycles. The monoisotopic (exact) mass is 196 g/mol. The number of cyclic esters (lactones) is 1. The van der Waals surface area contributed by atoms with Crippen molar-refractivity contribution in [1.82, 2.24) is 0 Å². The molecule has 1 N–H and O–H groups in total. The van der Waals surface area contributed by atoms with Gasteiger partial charge in [-0.2, -0.15) is 0 Å². The Bertz CT molecular complexity index is 249. The molecule has 1 heterocycles. The van der Waals surface area contributed by atoms with Crippen molar-refractivity contribution in [3.63, 3.8) is 0 Å². The lowest BCUT2D eigenvalue weighted by atomic mass is 10.0. The highest BCUT2D eigenvalue weighted by Crippen LogP contribution is 2.17. The minimum absolute atomic E-state index is 0.317. The molecule has 1 aliphatic rings. The van der Waals surface area contributed by atoms with Gasteiger partial charge in [0, 0.05) is 6.42 Å². The summed E-state index contributed by atoms with van der Waals surface area (Å²) in [5.74, 6) is 4.83. The van der Waals surface area contributed by atoms with Gasteiger partial charge >= 0.3 is 5.97 Å². The summed E-state index contributed by atoms with van der Waals surface area (Å²) in [6, 6.07) is 0. The number of hydrogen-bond donors (Lipinski definition) is 1. The molecule has 2 atom stereocenters. The zero-order valence-electron chi connectivity index (χ0n) is 8.45. The number of carbonyl (C=O) groups excluding carboxylic acids is 1. The number of aliphatic hydroxyl groups is 1. The summed E-state index contributed by atoms with van der Waals surface area (Å²) < 4.78 is 4.75. The third-order valence-electron chi connectivity index (χ3n) is 2.26. The van der Waals surface area contributed by atoms with Crippen LogP contribution in [-0.2, 0) is 9.53 Å². The van der Waals surface area contributed by atoms with Gasteiger partial charge in [0.25, 0.3) is 0 Å². The summed E-state index contributed by atoms with van der Waals surface area (Å²) in [5.41, 5.74) is 0. The van der Waals surface area contributed by atoms with Crippen molar-refractivity contribution in [2.45, 2.75) is 38.7 Å². The van der Waals surface area contributed by atoms with E-state index < -0.39 is 12.0 Å². The Morgan fingerprint density at radius 1 is 1.71 bits per heavy atom. The van der Waals surface area contributed by atoms with E-state index in [0.29, 0.717) is 13.0 Å². The second-order valence-electron chi connectivity index (χ2n) is 3.43. The number of unbranched alkanes of at least 4 members (excludes halogenated alkanes) is 2. The van der Waals surface area contributed by atoms with Gasteiger partial charge in [-0.1, -0.05) is 19.3 Å². The number of aliphatic hydroxyl groups excluding tert-OH is 1. The lowest BCUT2D eigenvalue weighted by molar-refractivity contribution is -0.143. The summed E-state index contributed by atoms with van der Waals surface area (Å²) in [4.78, 5) is 11.1. The predicted octanol–water partition coefficient (Wildman–Crippen LogP) is 1.10. The quantitative estimate of drug-likeness (QED) is 0.418. The van der Waals surface area contributed by atoms with Crippen molar-refractivity contribution in [3.05, 3.63) is 0 Å². The molecule has 0 unspecified atom stereocenters.